The van der Waals surface area contributed by atoms with Crippen LogP contribution in [0.3, 0.4) is 0 Å². The van der Waals surface area contributed by atoms with Gasteiger partial charge >= 0.3 is 5.69 Å². The second-order valence-corrected chi connectivity index (χ2v) is 8.48. The van der Waals surface area contributed by atoms with Crippen molar-refractivity contribution in [3.05, 3.63) is 46.2 Å². The molecule has 4 heterocycles. The van der Waals surface area contributed by atoms with Gasteiger partial charge in [0.15, 0.2) is 5.76 Å². The highest BCUT2D eigenvalue weighted by Gasteiger charge is 2.31. The Morgan fingerprint density at radius 1 is 1.00 bits per heavy atom. The fourth-order valence-electron chi connectivity index (χ4n) is 5.33. The number of nitrogens with one attached hydrogen (secondary N) is 1. The molecule has 2 aliphatic rings. The summed E-state index contributed by atoms with van der Waals surface area (Å²) >= 11 is 0. The molecule has 2 aliphatic heterocycles. The van der Waals surface area contributed by atoms with Crippen LogP contribution in [0.5, 0.6) is 0 Å². The van der Waals surface area contributed by atoms with Crippen LogP contribution in [0.4, 0.5) is 5.69 Å². The topological polar surface area (TPSA) is 70.3 Å². The van der Waals surface area contributed by atoms with E-state index in [1.54, 1.807) is 0 Å². The van der Waals surface area contributed by atoms with Gasteiger partial charge in [0.25, 0.3) is 0 Å². The number of hydrogen-bond acceptors (Lipinski definition) is 5. The summed E-state index contributed by atoms with van der Waals surface area (Å²) in [4.78, 5) is 20.6. The molecule has 0 saturated carbocycles. The van der Waals surface area contributed by atoms with Gasteiger partial charge in [-0.25, -0.2) is 4.79 Å². The molecule has 2 fully saturated rings. The lowest BCUT2D eigenvalue weighted by atomic mass is 9.97. The molecule has 0 unspecified atom stereocenters. The predicted molar refractivity (Wildman–Crippen MR) is 114 cm³/mol. The molecule has 0 radical (unpaired) electrons. The first-order valence-corrected chi connectivity index (χ1v) is 10.7. The number of fused-ring (bicyclic) bond motifs is 1. The predicted octanol–water partition coefficient (Wildman–Crippen LogP) is 3.24. The molecule has 7 nitrogen and oxygen atoms in total. The van der Waals surface area contributed by atoms with Gasteiger partial charge < -0.3 is 19.3 Å². The van der Waals surface area contributed by atoms with E-state index in [1.807, 2.05) is 42.7 Å². The number of H-pyrrole nitrogens is 1. The van der Waals surface area contributed by atoms with E-state index in [4.69, 9.17) is 4.52 Å². The van der Waals surface area contributed by atoms with Crippen molar-refractivity contribution in [1.82, 2.24) is 19.6 Å². The number of para-hydroxylation sites is 2. The minimum Gasteiger partial charge on any atom is -0.367 e. The fraction of sp³-hybridized carbons (Fsp3) is 0.545. The van der Waals surface area contributed by atoms with E-state index in [2.05, 4.69) is 19.9 Å². The molecule has 1 aromatic carbocycles. The van der Waals surface area contributed by atoms with Crippen molar-refractivity contribution in [1.29, 1.82) is 0 Å². The number of piperidine rings is 2. The number of benzene rings is 1. The molecule has 7 heteroatoms. The lowest BCUT2D eigenvalue weighted by Gasteiger charge is -2.42. The molecule has 0 bridgehead atoms. The standard InChI is InChI=1S/C22H29N5O2/c1-15-21(16(2)29-24-15)26-13-7-17(8-14-26)25-11-9-18(10-12-25)27-20-6-4-3-5-19(20)23-22(27)28/h3-6,17-18H,7-14H2,1-2H3,(H,23,28). The highest BCUT2D eigenvalue weighted by Crippen LogP contribution is 2.31. The van der Waals surface area contributed by atoms with Gasteiger partial charge in [-0.05, 0) is 51.7 Å². The van der Waals surface area contributed by atoms with E-state index in [1.165, 1.54) is 18.5 Å². The highest BCUT2D eigenvalue weighted by atomic mass is 16.5. The smallest absolute Gasteiger partial charge is 0.326 e. The molecule has 2 saturated heterocycles. The molecule has 0 spiro atoms. The SMILES string of the molecule is Cc1noc(C)c1N1CCC(N2CCC(n3c(=O)[nH]c4ccccc43)CC2)CC1. The van der Waals surface area contributed by atoms with Crippen molar-refractivity contribution in [2.45, 2.75) is 51.6 Å². The van der Waals surface area contributed by atoms with E-state index in [9.17, 15) is 4.79 Å². The minimum atomic E-state index is 0.0254. The van der Waals surface area contributed by atoms with Gasteiger partial charge in [0.2, 0.25) is 0 Å². The quantitative estimate of drug-likeness (QED) is 0.737. The molecule has 0 atom stereocenters. The zero-order valence-corrected chi connectivity index (χ0v) is 17.2. The summed E-state index contributed by atoms with van der Waals surface area (Å²) < 4.78 is 7.33. The van der Waals surface area contributed by atoms with E-state index in [0.29, 0.717) is 6.04 Å². The number of imidazole rings is 1. The van der Waals surface area contributed by atoms with Crippen LogP contribution >= 0.6 is 0 Å². The van der Waals surface area contributed by atoms with Crippen molar-refractivity contribution in [3.63, 3.8) is 0 Å². The third kappa shape index (κ3) is 3.27. The Morgan fingerprint density at radius 2 is 1.69 bits per heavy atom. The van der Waals surface area contributed by atoms with Crippen molar-refractivity contribution in [2.24, 2.45) is 0 Å². The third-order valence-electron chi connectivity index (χ3n) is 6.78. The number of aryl methyl sites for hydroxylation is 2. The van der Waals surface area contributed by atoms with Crippen molar-refractivity contribution in [3.8, 4) is 0 Å². The average molecular weight is 396 g/mol. The van der Waals surface area contributed by atoms with Crippen LogP contribution in [0.25, 0.3) is 11.0 Å². The number of rotatable bonds is 3. The Labute approximate surface area is 170 Å². The van der Waals surface area contributed by atoms with E-state index in [0.717, 1.165) is 61.5 Å². The number of aromatic amines is 1. The van der Waals surface area contributed by atoms with Crippen LogP contribution in [0.1, 0.15) is 43.2 Å². The molecule has 154 valence electrons. The molecule has 3 aromatic rings. The second-order valence-electron chi connectivity index (χ2n) is 8.48. The summed E-state index contributed by atoms with van der Waals surface area (Å²) in [5.74, 6) is 0.922. The number of hydrogen-bond donors (Lipinski definition) is 1. The highest BCUT2D eigenvalue weighted by molar-refractivity contribution is 5.75. The zero-order chi connectivity index (χ0) is 20.0. The minimum absolute atomic E-state index is 0.0254. The summed E-state index contributed by atoms with van der Waals surface area (Å²) in [6.45, 7) is 8.25. The van der Waals surface area contributed by atoms with Gasteiger partial charge in [-0.2, -0.15) is 0 Å². The Kier molecular flexibility index (Phi) is 4.70. The van der Waals surface area contributed by atoms with E-state index < -0.39 is 0 Å². The Hall–Kier alpha value is -2.54. The van der Waals surface area contributed by atoms with Crippen molar-refractivity contribution < 1.29 is 4.52 Å². The van der Waals surface area contributed by atoms with E-state index in [-0.39, 0.29) is 11.7 Å². The molecule has 0 aliphatic carbocycles. The zero-order valence-electron chi connectivity index (χ0n) is 17.2. The summed E-state index contributed by atoms with van der Waals surface area (Å²) in [6.07, 6.45) is 4.40. The van der Waals surface area contributed by atoms with Gasteiger partial charge in [0.1, 0.15) is 11.4 Å². The van der Waals surface area contributed by atoms with Gasteiger partial charge in [-0.1, -0.05) is 17.3 Å². The summed E-state index contributed by atoms with van der Waals surface area (Å²) in [5, 5.41) is 4.10. The van der Waals surface area contributed by atoms with Gasteiger partial charge in [0.05, 0.1) is 11.0 Å². The Bertz CT molecular complexity index is 1030. The van der Waals surface area contributed by atoms with Gasteiger partial charge in [-0.15, -0.1) is 0 Å². The molecule has 29 heavy (non-hydrogen) atoms. The van der Waals surface area contributed by atoms with Gasteiger partial charge in [0, 0.05) is 38.3 Å². The summed E-state index contributed by atoms with van der Waals surface area (Å²) in [7, 11) is 0. The number of aromatic nitrogens is 3. The summed E-state index contributed by atoms with van der Waals surface area (Å²) in [5.41, 5.74) is 4.17. The number of nitrogens with zero attached hydrogens (tertiary/aromatic N) is 4. The Balaban J connectivity index is 1.22. The first kappa shape index (κ1) is 18.5. The fourth-order valence-corrected chi connectivity index (χ4v) is 5.33. The van der Waals surface area contributed by atoms with Crippen LogP contribution in [-0.4, -0.2) is 51.8 Å². The molecule has 1 N–H and O–H groups in total. The molecular formula is C22H29N5O2. The van der Waals surface area contributed by atoms with Crippen LogP contribution in [0.2, 0.25) is 0 Å². The molecular weight excluding hydrogens is 366 g/mol. The number of anilines is 1. The Morgan fingerprint density at radius 3 is 2.38 bits per heavy atom. The first-order valence-electron chi connectivity index (χ1n) is 10.7. The average Bonchev–Trinajstić information content (AvgIpc) is 3.26. The lowest BCUT2D eigenvalue weighted by molar-refractivity contribution is 0.117. The molecule has 5 rings (SSSR count). The molecule has 0 amide bonds. The maximum absolute atomic E-state index is 12.5. The maximum Gasteiger partial charge on any atom is 0.326 e. The number of likely N-dealkylation sites (tertiary alicyclic amines) is 1. The second kappa shape index (κ2) is 7.37. The normalized spacial score (nSPS) is 20.0. The first-order chi connectivity index (χ1) is 14.1. The van der Waals surface area contributed by atoms with Crippen LogP contribution in [0.15, 0.2) is 33.6 Å². The summed E-state index contributed by atoms with van der Waals surface area (Å²) in [6, 6.07) is 8.93. The van der Waals surface area contributed by atoms with Gasteiger partial charge in [-0.3, -0.25) is 4.57 Å². The van der Waals surface area contributed by atoms with Crippen molar-refractivity contribution >= 4 is 16.7 Å². The van der Waals surface area contributed by atoms with Crippen LogP contribution in [0, 0.1) is 13.8 Å². The largest absolute Gasteiger partial charge is 0.367 e. The van der Waals surface area contributed by atoms with Crippen molar-refractivity contribution in [2.75, 3.05) is 31.1 Å². The third-order valence-corrected chi connectivity index (χ3v) is 6.78. The van der Waals surface area contributed by atoms with Crippen LogP contribution < -0.4 is 10.6 Å². The maximum atomic E-state index is 12.5. The lowest BCUT2D eigenvalue weighted by Crippen LogP contribution is -2.48. The monoisotopic (exact) mass is 395 g/mol. The van der Waals surface area contributed by atoms with E-state index >= 15 is 0 Å². The molecule has 2 aromatic heterocycles. The van der Waals surface area contributed by atoms with Crippen LogP contribution in [-0.2, 0) is 0 Å².